The van der Waals surface area contributed by atoms with Gasteiger partial charge < -0.3 is 15.4 Å². The zero-order chi connectivity index (χ0) is 18.7. The van der Waals surface area contributed by atoms with Crippen LogP contribution in [0.3, 0.4) is 0 Å². The lowest BCUT2D eigenvalue weighted by molar-refractivity contribution is -0.125. The van der Waals surface area contributed by atoms with E-state index in [0.29, 0.717) is 6.42 Å². The Hall–Kier alpha value is -3.18. The van der Waals surface area contributed by atoms with Crippen molar-refractivity contribution >= 4 is 39.8 Å². The summed E-state index contributed by atoms with van der Waals surface area (Å²) in [6.07, 6.45) is 0.438. The quantitative estimate of drug-likeness (QED) is 0.805. The molecule has 1 aliphatic heterocycles. The number of carbonyl (C=O) groups excluding carboxylic acids is 3. The number of thiophene rings is 1. The highest BCUT2D eigenvalue weighted by Gasteiger charge is 2.29. The zero-order valence-corrected chi connectivity index (χ0v) is 14.7. The van der Waals surface area contributed by atoms with E-state index in [-0.39, 0.29) is 28.5 Å². The first-order valence-corrected chi connectivity index (χ1v) is 8.70. The summed E-state index contributed by atoms with van der Waals surface area (Å²) in [7, 11) is 1.20. The second kappa shape index (κ2) is 7.37. The summed E-state index contributed by atoms with van der Waals surface area (Å²) in [6.45, 7) is 0. The van der Waals surface area contributed by atoms with Crippen LogP contribution in [0.4, 0.5) is 10.7 Å². The second-order valence-electron chi connectivity index (χ2n) is 5.76. The topological polar surface area (TPSA) is 108 Å². The predicted molar refractivity (Wildman–Crippen MR) is 95.9 cm³/mol. The number of carbonyl (C=O) groups is 3. The highest BCUT2D eigenvalue weighted by atomic mass is 32.1. The summed E-state index contributed by atoms with van der Waals surface area (Å²) < 4.78 is 4.67. The fourth-order valence-electron chi connectivity index (χ4n) is 2.82. The van der Waals surface area contributed by atoms with E-state index in [4.69, 9.17) is 5.26 Å². The molecule has 8 heteroatoms. The molecule has 0 radical (unpaired) electrons. The average molecular weight is 369 g/mol. The summed E-state index contributed by atoms with van der Waals surface area (Å²) in [5, 5.41) is 16.2. The van der Waals surface area contributed by atoms with Gasteiger partial charge in [-0.1, -0.05) is 18.2 Å². The molecule has 26 heavy (non-hydrogen) atoms. The summed E-state index contributed by atoms with van der Waals surface area (Å²) in [5.74, 6) is -1.80. The monoisotopic (exact) mass is 369 g/mol. The van der Waals surface area contributed by atoms with Gasteiger partial charge in [-0.05, 0) is 18.1 Å². The molecule has 2 heterocycles. The van der Waals surface area contributed by atoms with Crippen LogP contribution < -0.4 is 10.6 Å². The minimum absolute atomic E-state index is 0.0272. The Bertz CT molecular complexity index is 929. The van der Waals surface area contributed by atoms with Gasteiger partial charge >= 0.3 is 5.97 Å². The molecule has 1 aromatic heterocycles. The number of amides is 2. The first-order chi connectivity index (χ1) is 12.5. The van der Waals surface area contributed by atoms with Crippen LogP contribution in [0, 0.1) is 17.2 Å². The molecule has 0 saturated carbocycles. The first-order valence-electron chi connectivity index (χ1n) is 7.82. The Labute approximate surface area is 153 Å². The molecule has 0 aliphatic carbocycles. The van der Waals surface area contributed by atoms with Crippen molar-refractivity contribution in [2.45, 2.75) is 12.8 Å². The Kier molecular flexibility index (Phi) is 5.00. The van der Waals surface area contributed by atoms with Gasteiger partial charge in [0.25, 0.3) is 0 Å². The van der Waals surface area contributed by atoms with E-state index < -0.39 is 17.8 Å². The van der Waals surface area contributed by atoms with Crippen molar-refractivity contribution < 1.29 is 19.1 Å². The van der Waals surface area contributed by atoms with Crippen molar-refractivity contribution in [2.24, 2.45) is 5.92 Å². The van der Waals surface area contributed by atoms with E-state index in [1.807, 2.05) is 30.3 Å². The smallest absolute Gasteiger partial charge is 0.342 e. The number of nitrogens with zero attached hydrogens (tertiary/aromatic N) is 1. The van der Waals surface area contributed by atoms with Gasteiger partial charge in [-0.2, -0.15) is 5.26 Å². The van der Waals surface area contributed by atoms with Crippen molar-refractivity contribution in [3.8, 4) is 6.07 Å². The van der Waals surface area contributed by atoms with Crippen LogP contribution in [0.1, 0.15) is 27.9 Å². The number of rotatable bonds is 4. The molecule has 3 rings (SSSR count). The van der Waals surface area contributed by atoms with Gasteiger partial charge in [0, 0.05) is 17.5 Å². The van der Waals surface area contributed by atoms with Crippen LogP contribution in [0.15, 0.2) is 29.6 Å². The third kappa shape index (κ3) is 3.43. The summed E-state index contributed by atoms with van der Waals surface area (Å²) in [6, 6.07) is 9.35. The van der Waals surface area contributed by atoms with Gasteiger partial charge in [0.15, 0.2) is 0 Å². The molecule has 0 fully saturated rings. The average Bonchev–Trinajstić information content (AvgIpc) is 3.04. The molecule has 1 aromatic carbocycles. The lowest BCUT2D eigenvalue weighted by Crippen LogP contribution is -2.32. The number of fused-ring (bicyclic) bond motifs is 1. The lowest BCUT2D eigenvalue weighted by Gasteiger charge is -2.24. The fraction of sp³-hybridized carbons (Fsp3) is 0.222. The van der Waals surface area contributed by atoms with Gasteiger partial charge in [0.1, 0.15) is 16.6 Å². The molecule has 7 nitrogen and oxygen atoms in total. The first kappa shape index (κ1) is 17.6. The maximum atomic E-state index is 12.4. The number of benzene rings is 1. The van der Waals surface area contributed by atoms with Crippen molar-refractivity contribution in [3.63, 3.8) is 0 Å². The van der Waals surface area contributed by atoms with Crippen LogP contribution in [-0.2, 0) is 20.7 Å². The van der Waals surface area contributed by atoms with Crippen LogP contribution in [0.5, 0.6) is 0 Å². The van der Waals surface area contributed by atoms with Crippen LogP contribution >= 0.6 is 11.3 Å². The third-order valence-electron chi connectivity index (χ3n) is 4.10. The lowest BCUT2D eigenvalue weighted by atomic mass is 9.90. The van der Waals surface area contributed by atoms with Crippen LogP contribution in [-0.4, -0.2) is 24.9 Å². The van der Waals surface area contributed by atoms with Gasteiger partial charge in [-0.15, -0.1) is 11.3 Å². The molecule has 1 atom stereocenters. The Morgan fingerprint density at radius 1 is 1.42 bits per heavy atom. The van der Waals surface area contributed by atoms with E-state index in [2.05, 4.69) is 15.4 Å². The Balaban J connectivity index is 1.73. The standard InChI is InChI=1S/C18H15N3O4S/c1-25-18(24)15-12(8-19)9-26-17(15)21-14(22)7-11-6-10-4-2-3-5-13(10)20-16(11)23/h2-5,9,11H,6-7H2,1H3,(H,20,23)(H,21,22). The molecule has 132 valence electrons. The Morgan fingerprint density at radius 3 is 2.92 bits per heavy atom. The maximum Gasteiger partial charge on any atom is 0.342 e. The number of methoxy groups -OCH3 is 1. The van der Waals surface area contributed by atoms with Gasteiger partial charge in [-0.25, -0.2) is 4.79 Å². The van der Waals surface area contributed by atoms with Crippen molar-refractivity contribution in [1.82, 2.24) is 0 Å². The minimum atomic E-state index is -0.692. The fourth-order valence-corrected chi connectivity index (χ4v) is 3.71. The van der Waals surface area contributed by atoms with E-state index in [1.54, 1.807) is 0 Å². The van der Waals surface area contributed by atoms with E-state index in [1.165, 1.54) is 12.5 Å². The molecular weight excluding hydrogens is 354 g/mol. The van der Waals surface area contributed by atoms with Crippen LogP contribution in [0.2, 0.25) is 0 Å². The molecule has 1 aliphatic rings. The summed E-state index contributed by atoms with van der Waals surface area (Å²) in [4.78, 5) is 36.4. The van der Waals surface area contributed by atoms with Crippen molar-refractivity contribution in [3.05, 3.63) is 46.3 Å². The molecule has 2 aromatic rings. The van der Waals surface area contributed by atoms with Gasteiger partial charge in [0.05, 0.1) is 18.6 Å². The van der Waals surface area contributed by atoms with Crippen LogP contribution in [0.25, 0.3) is 0 Å². The summed E-state index contributed by atoms with van der Waals surface area (Å²) >= 11 is 1.07. The van der Waals surface area contributed by atoms with E-state index >= 15 is 0 Å². The minimum Gasteiger partial charge on any atom is -0.465 e. The second-order valence-corrected chi connectivity index (χ2v) is 6.64. The molecule has 0 spiro atoms. The number of anilines is 2. The van der Waals surface area contributed by atoms with E-state index in [9.17, 15) is 14.4 Å². The number of esters is 1. The number of nitriles is 1. The number of hydrogen-bond acceptors (Lipinski definition) is 6. The molecule has 1 unspecified atom stereocenters. The number of ether oxygens (including phenoxy) is 1. The third-order valence-corrected chi connectivity index (χ3v) is 4.99. The number of hydrogen-bond donors (Lipinski definition) is 2. The molecule has 2 amide bonds. The predicted octanol–water partition coefficient (Wildman–Crippen LogP) is 2.55. The molecule has 0 saturated heterocycles. The van der Waals surface area contributed by atoms with Gasteiger partial charge in [-0.3, -0.25) is 9.59 Å². The van der Waals surface area contributed by atoms with Gasteiger partial charge in [0.2, 0.25) is 11.8 Å². The normalized spacial score (nSPS) is 15.4. The van der Waals surface area contributed by atoms with Crippen molar-refractivity contribution in [2.75, 3.05) is 17.7 Å². The number of para-hydroxylation sites is 1. The number of nitrogens with one attached hydrogen (secondary N) is 2. The Morgan fingerprint density at radius 2 is 2.19 bits per heavy atom. The highest BCUT2D eigenvalue weighted by molar-refractivity contribution is 7.15. The molecular formula is C18H15N3O4S. The zero-order valence-electron chi connectivity index (χ0n) is 13.9. The highest BCUT2D eigenvalue weighted by Crippen LogP contribution is 2.30. The SMILES string of the molecule is COC(=O)c1c(C#N)csc1NC(=O)CC1Cc2ccccc2NC1=O. The molecule has 2 N–H and O–H groups in total. The largest absolute Gasteiger partial charge is 0.465 e. The van der Waals surface area contributed by atoms with E-state index in [0.717, 1.165) is 22.6 Å². The maximum absolute atomic E-state index is 12.4. The summed E-state index contributed by atoms with van der Waals surface area (Å²) in [5.41, 5.74) is 1.91. The van der Waals surface area contributed by atoms with Crippen molar-refractivity contribution in [1.29, 1.82) is 5.26 Å². The molecule has 0 bridgehead atoms.